The Hall–Kier alpha value is -4.45. The van der Waals surface area contributed by atoms with Crippen LogP contribution in [0, 0.1) is 0 Å². The molecular formula is C68H110O6. The SMILES string of the molecule is CC/C=C\C/C=C\C/C=C\C/C=C\C/C=C\C/C=C\CCC(=O)OC(COC(=O)CCCCCCCCCC)COC(=O)CCCCCCCCCCCCCCC/C=C\C/C=C\C/C=C\C/C=C\C/C=C\CC. The van der Waals surface area contributed by atoms with Crippen LogP contribution in [0.5, 0.6) is 0 Å². The van der Waals surface area contributed by atoms with Crippen molar-refractivity contribution in [3.63, 3.8) is 0 Å². The van der Waals surface area contributed by atoms with Gasteiger partial charge in [-0.05, 0) is 103 Å². The Morgan fingerprint density at radius 2 is 0.554 bits per heavy atom. The van der Waals surface area contributed by atoms with Gasteiger partial charge in [-0.15, -0.1) is 0 Å². The van der Waals surface area contributed by atoms with Crippen LogP contribution in [0.25, 0.3) is 0 Å². The number of hydrogen-bond acceptors (Lipinski definition) is 6. The normalized spacial score (nSPS) is 13.1. The van der Waals surface area contributed by atoms with Crippen LogP contribution in [0.3, 0.4) is 0 Å². The van der Waals surface area contributed by atoms with Gasteiger partial charge >= 0.3 is 17.9 Å². The summed E-state index contributed by atoms with van der Waals surface area (Å²) in [6, 6.07) is 0. The van der Waals surface area contributed by atoms with E-state index in [0.29, 0.717) is 19.3 Å². The van der Waals surface area contributed by atoms with Crippen LogP contribution in [-0.2, 0) is 28.6 Å². The Balaban J connectivity index is 4.26. The zero-order valence-electron chi connectivity index (χ0n) is 47.8. The zero-order chi connectivity index (χ0) is 53.6. The standard InChI is InChI=1S/C68H110O6/c1-4-7-10-13-16-19-21-23-25-27-29-30-31-32-33-34-35-36-37-38-40-41-43-45-47-49-52-55-58-61-67(70)73-64-65(63-72-66(69)60-57-54-51-18-15-12-9-6-3)74-68(71)62-59-56-53-50-48-46-44-42-39-28-26-24-22-20-17-14-11-8-5-2/h7-8,10-11,16-17,19-20,23-26,29-30,32-33,39,42,46,48,53,56,65H,4-6,9,12-15,18,21-22,27-28,31,34-38,40-41,43-45,47,49-52,54-55,57-64H2,1-3H3/b10-7-,11-8-,19-16-,20-17-,25-23-,26-24-,30-29-,33-32-,42-39-,48-46-,56-53-. The molecule has 0 heterocycles. The molecule has 0 amide bonds. The highest BCUT2D eigenvalue weighted by atomic mass is 16.6. The quantitative estimate of drug-likeness (QED) is 0.0261. The van der Waals surface area contributed by atoms with Crippen molar-refractivity contribution in [3.8, 4) is 0 Å². The fourth-order valence-corrected chi connectivity index (χ4v) is 7.97. The summed E-state index contributed by atoms with van der Waals surface area (Å²) in [5.41, 5.74) is 0. The van der Waals surface area contributed by atoms with E-state index in [1.165, 1.54) is 103 Å². The summed E-state index contributed by atoms with van der Waals surface area (Å²) >= 11 is 0. The van der Waals surface area contributed by atoms with Crippen molar-refractivity contribution in [2.24, 2.45) is 0 Å². The maximum atomic E-state index is 12.8. The molecule has 6 heteroatoms. The molecule has 0 aromatic heterocycles. The monoisotopic (exact) mass is 1020 g/mol. The first-order chi connectivity index (χ1) is 36.5. The van der Waals surface area contributed by atoms with E-state index in [1.54, 1.807) is 0 Å². The Kier molecular flexibility index (Phi) is 57.4. The maximum absolute atomic E-state index is 12.8. The molecule has 0 aromatic carbocycles. The summed E-state index contributed by atoms with van der Waals surface area (Å²) < 4.78 is 16.7. The number of carbonyl (C=O) groups excluding carboxylic acids is 3. The van der Waals surface area contributed by atoms with Gasteiger partial charge in [-0.3, -0.25) is 14.4 Å². The molecule has 0 spiro atoms. The van der Waals surface area contributed by atoms with Gasteiger partial charge in [0, 0.05) is 19.3 Å². The molecule has 0 aliphatic rings. The molecule has 418 valence electrons. The second-order valence-corrected chi connectivity index (χ2v) is 19.5. The third-order valence-corrected chi connectivity index (χ3v) is 12.4. The molecule has 0 radical (unpaired) electrons. The first kappa shape index (κ1) is 69.5. The molecule has 6 nitrogen and oxygen atoms in total. The molecule has 0 aliphatic carbocycles. The fraction of sp³-hybridized carbons (Fsp3) is 0.632. The average Bonchev–Trinajstić information content (AvgIpc) is 3.40. The van der Waals surface area contributed by atoms with Gasteiger partial charge in [0.05, 0.1) is 0 Å². The summed E-state index contributed by atoms with van der Waals surface area (Å²) in [5.74, 6) is -1.00. The van der Waals surface area contributed by atoms with Gasteiger partial charge < -0.3 is 14.2 Å². The lowest BCUT2D eigenvalue weighted by Gasteiger charge is -2.18. The van der Waals surface area contributed by atoms with Crippen molar-refractivity contribution in [2.45, 2.75) is 264 Å². The molecule has 0 aliphatic heterocycles. The van der Waals surface area contributed by atoms with Crippen LogP contribution in [0.1, 0.15) is 258 Å². The third kappa shape index (κ3) is 58.4. The first-order valence-corrected chi connectivity index (χ1v) is 30.2. The molecule has 0 saturated heterocycles. The second kappa shape index (κ2) is 61.1. The van der Waals surface area contributed by atoms with Crippen LogP contribution < -0.4 is 0 Å². The van der Waals surface area contributed by atoms with E-state index in [0.717, 1.165) is 109 Å². The van der Waals surface area contributed by atoms with Gasteiger partial charge in [0.25, 0.3) is 0 Å². The minimum absolute atomic E-state index is 0.110. The molecule has 74 heavy (non-hydrogen) atoms. The minimum Gasteiger partial charge on any atom is -0.462 e. The number of carbonyl (C=O) groups is 3. The summed E-state index contributed by atoms with van der Waals surface area (Å²) in [5, 5.41) is 0. The highest BCUT2D eigenvalue weighted by Crippen LogP contribution is 2.15. The van der Waals surface area contributed by atoms with Gasteiger partial charge in [0.15, 0.2) is 6.10 Å². The van der Waals surface area contributed by atoms with Crippen molar-refractivity contribution in [3.05, 3.63) is 134 Å². The summed E-state index contributed by atoms with van der Waals surface area (Å²) in [4.78, 5) is 38.0. The highest BCUT2D eigenvalue weighted by molar-refractivity contribution is 5.71. The molecule has 0 fully saturated rings. The van der Waals surface area contributed by atoms with E-state index in [-0.39, 0.29) is 31.6 Å². The highest BCUT2D eigenvalue weighted by Gasteiger charge is 2.19. The molecule has 0 bridgehead atoms. The van der Waals surface area contributed by atoms with Gasteiger partial charge in [0.2, 0.25) is 0 Å². The number of ether oxygens (including phenoxy) is 3. The molecule has 1 atom stereocenters. The number of esters is 3. The van der Waals surface area contributed by atoms with E-state index in [1.807, 2.05) is 12.2 Å². The second-order valence-electron chi connectivity index (χ2n) is 19.5. The number of allylic oxidation sites excluding steroid dienone is 22. The lowest BCUT2D eigenvalue weighted by molar-refractivity contribution is -0.166. The number of unbranched alkanes of at least 4 members (excludes halogenated alkanes) is 20. The molecule has 0 N–H and O–H groups in total. The Bertz CT molecular complexity index is 1600. The molecular weight excluding hydrogens is 913 g/mol. The van der Waals surface area contributed by atoms with Crippen LogP contribution in [0.2, 0.25) is 0 Å². The van der Waals surface area contributed by atoms with E-state index in [4.69, 9.17) is 14.2 Å². The van der Waals surface area contributed by atoms with Gasteiger partial charge in [-0.1, -0.05) is 270 Å². The summed E-state index contributed by atoms with van der Waals surface area (Å²) in [6.07, 6.45) is 86.3. The van der Waals surface area contributed by atoms with Gasteiger partial charge in [-0.25, -0.2) is 0 Å². The Morgan fingerprint density at radius 1 is 0.284 bits per heavy atom. The predicted molar refractivity (Wildman–Crippen MR) is 320 cm³/mol. The van der Waals surface area contributed by atoms with Crippen molar-refractivity contribution in [1.29, 1.82) is 0 Å². The first-order valence-electron chi connectivity index (χ1n) is 30.2. The smallest absolute Gasteiger partial charge is 0.306 e. The Morgan fingerprint density at radius 3 is 0.878 bits per heavy atom. The molecule has 0 rings (SSSR count). The fourth-order valence-electron chi connectivity index (χ4n) is 7.97. The third-order valence-electron chi connectivity index (χ3n) is 12.4. The maximum Gasteiger partial charge on any atom is 0.306 e. The lowest BCUT2D eigenvalue weighted by atomic mass is 10.0. The van der Waals surface area contributed by atoms with E-state index < -0.39 is 12.1 Å². The Labute approximate surface area is 455 Å². The topological polar surface area (TPSA) is 78.9 Å². The predicted octanol–water partition coefficient (Wildman–Crippen LogP) is 20.6. The summed E-state index contributed by atoms with van der Waals surface area (Å²) in [7, 11) is 0. The van der Waals surface area contributed by atoms with Crippen LogP contribution in [0.4, 0.5) is 0 Å². The van der Waals surface area contributed by atoms with Crippen molar-refractivity contribution >= 4 is 17.9 Å². The average molecular weight is 1020 g/mol. The number of rotatable bonds is 53. The molecule has 0 saturated carbocycles. The molecule has 1 unspecified atom stereocenters. The lowest BCUT2D eigenvalue weighted by Crippen LogP contribution is -2.30. The number of hydrogen-bond donors (Lipinski definition) is 0. The van der Waals surface area contributed by atoms with Crippen LogP contribution in [-0.4, -0.2) is 37.2 Å². The minimum atomic E-state index is -0.820. The summed E-state index contributed by atoms with van der Waals surface area (Å²) in [6.45, 7) is 6.32. The van der Waals surface area contributed by atoms with Gasteiger partial charge in [0.1, 0.15) is 13.2 Å². The van der Waals surface area contributed by atoms with Crippen molar-refractivity contribution in [2.75, 3.05) is 13.2 Å². The van der Waals surface area contributed by atoms with Crippen LogP contribution >= 0.6 is 0 Å². The largest absolute Gasteiger partial charge is 0.462 e. The van der Waals surface area contributed by atoms with Crippen LogP contribution in [0.15, 0.2) is 134 Å². The zero-order valence-corrected chi connectivity index (χ0v) is 47.8. The van der Waals surface area contributed by atoms with E-state index in [9.17, 15) is 14.4 Å². The molecule has 0 aromatic rings. The van der Waals surface area contributed by atoms with E-state index in [2.05, 4.69) is 142 Å². The van der Waals surface area contributed by atoms with E-state index >= 15 is 0 Å². The van der Waals surface area contributed by atoms with Crippen molar-refractivity contribution < 1.29 is 28.6 Å². The van der Waals surface area contributed by atoms with Gasteiger partial charge in [-0.2, -0.15) is 0 Å². The van der Waals surface area contributed by atoms with Crippen molar-refractivity contribution in [1.82, 2.24) is 0 Å².